The molecule has 19 heavy (non-hydrogen) atoms. The molecular weight excluding hydrogens is 313 g/mol. The second kappa shape index (κ2) is 5.97. The van der Waals surface area contributed by atoms with E-state index in [1.165, 1.54) is 6.20 Å². The molecule has 4 nitrogen and oxygen atoms in total. The summed E-state index contributed by atoms with van der Waals surface area (Å²) in [6, 6.07) is 3.18. The molecule has 0 saturated heterocycles. The summed E-state index contributed by atoms with van der Waals surface area (Å²) in [6.45, 7) is 2.58. The maximum Gasteiger partial charge on any atom is 0.254 e. The highest BCUT2D eigenvalue weighted by Crippen LogP contribution is 2.26. The zero-order valence-corrected chi connectivity index (χ0v) is 11.9. The van der Waals surface area contributed by atoms with Crippen LogP contribution in [0.1, 0.15) is 23.7 Å². The smallest absolute Gasteiger partial charge is 0.254 e. The Labute approximate surface area is 118 Å². The van der Waals surface area contributed by atoms with Gasteiger partial charge in [0.2, 0.25) is 0 Å². The number of hydrogen-bond donors (Lipinski definition) is 2. The Morgan fingerprint density at radius 3 is 3.05 bits per heavy atom. The summed E-state index contributed by atoms with van der Waals surface area (Å²) in [7, 11) is 0. The monoisotopic (exact) mass is 325 g/mol. The molecule has 0 radical (unpaired) electrons. The van der Waals surface area contributed by atoms with E-state index in [0.29, 0.717) is 28.0 Å². The number of pyridine rings is 1. The molecule has 0 bridgehead atoms. The minimum Gasteiger partial charge on any atom is -0.352 e. The van der Waals surface area contributed by atoms with Crippen LogP contribution in [-0.2, 0) is 0 Å². The largest absolute Gasteiger partial charge is 0.352 e. The molecule has 2 aromatic rings. The summed E-state index contributed by atoms with van der Waals surface area (Å²) in [4.78, 5) is 18.5. The third kappa shape index (κ3) is 3.01. The first-order valence-corrected chi connectivity index (χ1v) is 6.69. The Morgan fingerprint density at radius 1 is 1.58 bits per heavy atom. The maximum absolute atomic E-state index is 13.6. The van der Waals surface area contributed by atoms with E-state index in [-0.39, 0.29) is 5.91 Å². The summed E-state index contributed by atoms with van der Waals surface area (Å²) in [5, 5.41) is 2.77. The Balaban J connectivity index is 2.31. The first-order chi connectivity index (χ1) is 9.13. The van der Waals surface area contributed by atoms with Gasteiger partial charge in [0.25, 0.3) is 5.91 Å². The van der Waals surface area contributed by atoms with E-state index in [4.69, 9.17) is 0 Å². The third-order valence-electron chi connectivity index (χ3n) is 2.61. The molecule has 0 aliphatic carbocycles. The Morgan fingerprint density at radius 2 is 2.37 bits per heavy atom. The highest BCUT2D eigenvalue weighted by molar-refractivity contribution is 9.10. The van der Waals surface area contributed by atoms with Gasteiger partial charge in [0.1, 0.15) is 0 Å². The number of nitrogens with one attached hydrogen (secondary N) is 2. The van der Waals surface area contributed by atoms with Crippen molar-refractivity contribution < 1.29 is 9.18 Å². The van der Waals surface area contributed by atoms with Gasteiger partial charge < -0.3 is 10.3 Å². The molecule has 2 rings (SSSR count). The SMILES string of the molecule is CCCNC(=O)c1cc(-c2ccncc2F)[nH]c1Br. The van der Waals surface area contributed by atoms with Crippen LogP contribution in [0.4, 0.5) is 4.39 Å². The van der Waals surface area contributed by atoms with Gasteiger partial charge in [0, 0.05) is 18.3 Å². The van der Waals surface area contributed by atoms with Crippen LogP contribution in [0.15, 0.2) is 29.1 Å². The molecule has 0 atom stereocenters. The maximum atomic E-state index is 13.6. The molecule has 0 saturated carbocycles. The van der Waals surface area contributed by atoms with Crippen LogP contribution >= 0.6 is 15.9 Å². The zero-order valence-electron chi connectivity index (χ0n) is 10.3. The third-order valence-corrected chi connectivity index (χ3v) is 3.24. The highest BCUT2D eigenvalue weighted by Gasteiger charge is 2.15. The molecule has 2 aromatic heterocycles. The second-order valence-electron chi connectivity index (χ2n) is 4.02. The molecule has 0 fully saturated rings. The zero-order chi connectivity index (χ0) is 13.8. The quantitative estimate of drug-likeness (QED) is 0.907. The van der Waals surface area contributed by atoms with Crippen LogP contribution in [0.5, 0.6) is 0 Å². The topological polar surface area (TPSA) is 57.8 Å². The lowest BCUT2D eigenvalue weighted by Gasteiger charge is -2.00. The number of rotatable bonds is 4. The predicted octanol–water partition coefficient (Wildman–Crippen LogP) is 3.12. The van der Waals surface area contributed by atoms with E-state index in [2.05, 4.69) is 31.2 Å². The summed E-state index contributed by atoms with van der Waals surface area (Å²) in [6.07, 6.45) is 3.50. The minimum absolute atomic E-state index is 0.189. The lowest BCUT2D eigenvalue weighted by Crippen LogP contribution is -2.23. The van der Waals surface area contributed by atoms with Gasteiger partial charge in [0.15, 0.2) is 5.82 Å². The fourth-order valence-corrected chi connectivity index (χ4v) is 2.18. The van der Waals surface area contributed by atoms with Crippen LogP contribution in [0.2, 0.25) is 0 Å². The number of H-pyrrole nitrogens is 1. The molecular formula is C13H13BrFN3O. The molecule has 1 amide bonds. The lowest BCUT2D eigenvalue weighted by molar-refractivity contribution is 0.0953. The number of aromatic nitrogens is 2. The number of carbonyl (C=O) groups is 1. The van der Waals surface area contributed by atoms with Gasteiger partial charge in [-0.15, -0.1) is 0 Å². The normalized spacial score (nSPS) is 10.5. The van der Waals surface area contributed by atoms with Gasteiger partial charge in [-0.25, -0.2) is 4.39 Å². The minimum atomic E-state index is -0.434. The first-order valence-electron chi connectivity index (χ1n) is 5.90. The fourth-order valence-electron chi connectivity index (χ4n) is 1.67. The molecule has 0 spiro atoms. The fraction of sp³-hybridized carbons (Fsp3) is 0.231. The molecule has 6 heteroatoms. The van der Waals surface area contributed by atoms with E-state index in [9.17, 15) is 9.18 Å². The van der Waals surface area contributed by atoms with Crippen LogP contribution in [0.3, 0.4) is 0 Å². The Bertz CT molecular complexity index is 597. The van der Waals surface area contributed by atoms with Gasteiger partial charge in [-0.05, 0) is 34.5 Å². The van der Waals surface area contributed by atoms with Crippen LogP contribution in [0.25, 0.3) is 11.3 Å². The summed E-state index contributed by atoms with van der Waals surface area (Å²) < 4.78 is 14.2. The first kappa shape index (κ1) is 13.7. The number of nitrogens with zero attached hydrogens (tertiary/aromatic N) is 1. The van der Waals surface area contributed by atoms with E-state index in [1.54, 1.807) is 12.1 Å². The van der Waals surface area contributed by atoms with Gasteiger partial charge in [0.05, 0.1) is 22.1 Å². The summed E-state index contributed by atoms with van der Waals surface area (Å²) in [5.74, 6) is -0.623. The average Bonchev–Trinajstić information content (AvgIpc) is 2.78. The van der Waals surface area contributed by atoms with Crippen molar-refractivity contribution in [3.8, 4) is 11.3 Å². The van der Waals surface area contributed by atoms with Crippen molar-refractivity contribution in [3.05, 3.63) is 40.5 Å². The molecule has 2 heterocycles. The molecule has 0 aromatic carbocycles. The number of aromatic amines is 1. The van der Waals surface area contributed by atoms with Crippen molar-refractivity contribution in [2.75, 3.05) is 6.54 Å². The van der Waals surface area contributed by atoms with E-state index in [1.807, 2.05) is 6.92 Å². The van der Waals surface area contributed by atoms with Crippen molar-refractivity contribution >= 4 is 21.8 Å². The van der Waals surface area contributed by atoms with Gasteiger partial charge >= 0.3 is 0 Å². The molecule has 0 aliphatic heterocycles. The Kier molecular flexibility index (Phi) is 4.31. The van der Waals surface area contributed by atoms with Gasteiger partial charge in [-0.3, -0.25) is 9.78 Å². The lowest BCUT2D eigenvalue weighted by atomic mass is 10.2. The molecule has 100 valence electrons. The van der Waals surface area contributed by atoms with Crippen molar-refractivity contribution in [3.63, 3.8) is 0 Å². The number of carbonyl (C=O) groups excluding carboxylic acids is 1. The summed E-state index contributed by atoms with van der Waals surface area (Å²) in [5.41, 5.74) is 1.37. The van der Waals surface area contributed by atoms with E-state index in [0.717, 1.165) is 12.6 Å². The van der Waals surface area contributed by atoms with Crippen molar-refractivity contribution in [2.24, 2.45) is 0 Å². The van der Waals surface area contributed by atoms with Gasteiger partial charge in [-0.1, -0.05) is 6.92 Å². The molecule has 0 unspecified atom stereocenters. The van der Waals surface area contributed by atoms with Crippen molar-refractivity contribution in [1.29, 1.82) is 0 Å². The Hall–Kier alpha value is -1.69. The molecule has 0 aliphatic rings. The highest BCUT2D eigenvalue weighted by atomic mass is 79.9. The van der Waals surface area contributed by atoms with Crippen LogP contribution in [-0.4, -0.2) is 22.4 Å². The van der Waals surface area contributed by atoms with E-state index < -0.39 is 5.82 Å². The second-order valence-corrected chi connectivity index (χ2v) is 4.82. The van der Waals surface area contributed by atoms with Gasteiger partial charge in [-0.2, -0.15) is 0 Å². The van der Waals surface area contributed by atoms with Crippen LogP contribution in [0, 0.1) is 5.82 Å². The predicted molar refractivity (Wildman–Crippen MR) is 74.3 cm³/mol. The van der Waals surface area contributed by atoms with E-state index >= 15 is 0 Å². The van der Waals surface area contributed by atoms with Crippen molar-refractivity contribution in [1.82, 2.24) is 15.3 Å². The number of hydrogen-bond acceptors (Lipinski definition) is 2. The van der Waals surface area contributed by atoms with Crippen molar-refractivity contribution in [2.45, 2.75) is 13.3 Å². The van der Waals surface area contributed by atoms with Crippen LogP contribution < -0.4 is 5.32 Å². The standard InChI is InChI=1S/C13H13BrFN3O/c1-2-4-17-13(19)9-6-11(18-12(9)14)8-3-5-16-7-10(8)15/h3,5-7,18H,2,4H2,1H3,(H,17,19). The number of halogens is 2. The summed E-state index contributed by atoms with van der Waals surface area (Å²) >= 11 is 3.28. The average molecular weight is 326 g/mol. The number of amides is 1. The molecule has 2 N–H and O–H groups in total.